The Morgan fingerprint density at radius 3 is 3.07 bits per heavy atom. The van der Waals surface area contributed by atoms with Crippen molar-refractivity contribution in [1.29, 1.82) is 5.26 Å². The Hall–Kier alpha value is -2.14. The first kappa shape index (κ1) is 9.42. The minimum absolute atomic E-state index is 0.453. The molecule has 0 N–H and O–H groups in total. The molecule has 0 aliphatic rings. The zero-order valence-electron chi connectivity index (χ0n) is 8.22. The van der Waals surface area contributed by atoms with Crippen molar-refractivity contribution in [3.8, 4) is 6.07 Å². The van der Waals surface area contributed by atoms with Gasteiger partial charge >= 0.3 is 0 Å². The summed E-state index contributed by atoms with van der Waals surface area (Å²) in [7, 11) is 0. The molecule has 0 amide bonds. The van der Waals surface area contributed by atoms with E-state index in [1.165, 1.54) is 5.39 Å². The van der Waals surface area contributed by atoms with E-state index >= 15 is 0 Å². The number of hydrogen-bond donors (Lipinski definition) is 0. The maximum absolute atomic E-state index is 8.41. The average Bonchev–Trinajstić information content (AvgIpc) is 2.29. The van der Waals surface area contributed by atoms with Crippen LogP contribution in [-0.2, 0) is 0 Å². The van der Waals surface area contributed by atoms with Crippen molar-refractivity contribution < 1.29 is 0 Å². The van der Waals surface area contributed by atoms with Gasteiger partial charge in [-0.15, -0.1) is 0 Å². The van der Waals surface area contributed by atoms with Crippen LogP contribution in [0.4, 0.5) is 0 Å². The molecule has 1 aromatic heterocycles. The Labute approximate surface area is 88.5 Å². The van der Waals surface area contributed by atoms with E-state index in [1.807, 2.05) is 36.5 Å². The third-order valence-electron chi connectivity index (χ3n) is 2.18. The van der Waals surface area contributed by atoms with Gasteiger partial charge in [0.05, 0.1) is 12.5 Å². The van der Waals surface area contributed by atoms with Crippen molar-refractivity contribution in [3.63, 3.8) is 0 Å². The fourth-order valence-corrected chi connectivity index (χ4v) is 1.45. The molecule has 0 aliphatic heterocycles. The van der Waals surface area contributed by atoms with Crippen LogP contribution in [0.1, 0.15) is 12.0 Å². The molecule has 72 valence electrons. The minimum atomic E-state index is 0.453. The molecule has 2 heteroatoms. The van der Waals surface area contributed by atoms with Crippen LogP contribution < -0.4 is 0 Å². The number of nitrogens with zero attached hydrogens (tertiary/aromatic N) is 2. The first-order valence-electron chi connectivity index (χ1n) is 4.77. The van der Waals surface area contributed by atoms with E-state index in [2.05, 4.69) is 17.1 Å². The molecule has 0 unspecified atom stereocenters. The number of nitriles is 1. The van der Waals surface area contributed by atoms with Gasteiger partial charge in [0.15, 0.2) is 0 Å². The van der Waals surface area contributed by atoms with E-state index in [0.29, 0.717) is 6.42 Å². The zero-order valence-corrected chi connectivity index (χ0v) is 8.22. The van der Waals surface area contributed by atoms with Gasteiger partial charge in [-0.3, -0.25) is 4.98 Å². The van der Waals surface area contributed by atoms with Crippen LogP contribution >= 0.6 is 0 Å². The number of fused-ring (bicyclic) bond motifs is 1. The molecule has 15 heavy (non-hydrogen) atoms. The van der Waals surface area contributed by atoms with Crippen molar-refractivity contribution in [3.05, 3.63) is 48.3 Å². The second-order valence-corrected chi connectivity index (χ2v) is 3.25. The van der Waals surface area contributed by atoms with E-state index in [1.54, 1.807) is 6.20 Å². The van der Waals surface area contributed by atoms with Crippen LogP contribution in [0, 0.1) is 11.3 Å². The van der Waals surface area contributed by atoms with E-state index in [-0.39, 0.29) is 0 Å². The van der Waals surface area contributed by atoms with E-state index < -0.39 is 0 Å². The predicted octanol–water partition coefficient (Wildman–Crippen LogP) is 3.16. The van der Waals surface area contributed by atoms with Crippen LogP contribution in [0.5, 0.6) is 0 Å². The van der Waals surface area contributed by atoms with Crippen LogP contribution in [0.15, 0.2) is 42.7 Å². The molecule has 0 aliphatic carbocycles. The van der Waals surface area contributed by atoms with Gasteiger partial charge in [0, 0.05) is 17.8 Å². The summed E-state index contributed by atoms with van der Waals surface area (Å²) < 4.78 is 0. The summed E-state index contributed by atoms with van der Waals surface area (Å²) in [6.07, 6.45) is 7.91. The molecular weight excluding hydrogens is 184 g/mol. The van der Waals surface area contributed by atoms with Crippen LogP contribution in [0.2, 0.25) is 0 Å². The van der Waals surface area contributed by atoms with Crippen LogP contribution in [0.25, 0.3) is 16.8 Å². The summed E-state index contributed by atoms with van der Waals surface area (Å²) in [4.78, 5) is 4.06. The molecule has 0 radical (unpaired) electrons. The summed E-state index contributed by atoms with van der Waals surface area (Å²) >= 11 is 0. The molecule has 0 bridgehead atoms. The topological polar surface area (TPSA) is 36.7 Å². The largest absolute Gasteiger partial charge is 0.264 e. The SMILES string of the molecule is N#CCC=Cc1ccc2cnccc2c1. The molecule has 0 saturated heterocycles. The first-order chi connectivity index (χ1) is 7.40. The highest BCUT2D eigenvalue weighted by Crippen LogP contribution is 2.15. The summed E-state index contributed by atoms with van der Waals surface area (Å²) in [6.45, 7) is 0. The van der Waals surface area contributed by atoms with Gasteiger partial charge in [0.2, 0.25) is 0 Å². The quantitative estimate of drug-likeness (QED) is 0.736. The third kappa shape index (κ3) is 2.21. The maximum Gasteiger partial charge on any atom is 0.0663 e. The van der Waals surface area contributed by atoms with E-state index in [0.717, 1.165) is 10.9 Å². The zero-order chi connectivity index (χ0) is 10.5. The van der Waals surface area contributed by atoms with Gasteiger partial charge in [-0.25, -0.2) is 0 Å². The Bertz CT molecular complexity index is 535. The molecule has 0 fully saturated rings. The average molecular weight is 194 g/mol. The molecule has 0 spiro atoms. The minimum Gasteiger partial charge on any atom is -0.264 e. The van der Waals surface area contributed by atoms with Gasteiger partial charge in [0.1, 0.15) is 0 Å². The monoisotopic (exact) mass is 194 g/mol. The van der Waals surface area contributed by atoms with E-state index in [4.69, 9.17) is 5.26 Å². The lowest BCUT2D eigenvalue weighted by Gasteiger charge is -1.97. The number of rotatable bonds is 2. The van der Waals surface area contributed by atoms with Gasteiger partial charge < -0.3 is 0 Å². The predicted molar refractivity (Wildman–Crippen MR) is 61.0 cm³/mol. The summed E-state index contributed by atoms with van der Waals surface area (Å²) in [5, 5.41) is 10.7. The maximum atomic E-state index is 8.41. The van der Waals surface area contributed by atoms with Gasteiger partial charge in [-0.2, -0.15) is 5.26 Å². The van der Waals surface area contributed by atoms with Crippen molar-refractivity contribution in [2.45, 2.75) is 6.42 Å². The Morgan fingerprint density at radius 1 is 1.27 bits per heavy atom. The molecular formula is C13H10N2. The lowest BCUT2D eigenvalue weighted by molar-refractivity contribution is 1.36. The van der Waals surface area contributed by atoms with Crippen LogP contribution in [-0.4, -0.2) is 4.98 Å². The highest BCUT2D eigenvalue weighted by Gasteiger charge is 1.92. The molecule has 1 heterocycles. The van der Waals surface area contributed by atoms with Crippen LogP contribution in [0.3, 0.4) is 0 Å². The lowest BCUT2D eigenvalue weighted by Crippen LogP contribution is -1.77. The van der Waals surface area contributed by atoms with Crippen molar-refractivity contribution in [2.75, 3.05) is 0 Å². The molecule has 0 atom stereocenters. The van der Waals surface area contributed by atoms with Gasteiger partial charge in [-0.1, -0.05) is 24.3 Å². The van der Waals surface area contributed by atoms with Crippen molar-refractivity contribution in [1.82, 2.24) is 4.98 Å². The number of pyridine rings is 1. The van der Waals surface area contributed by atoms with Gasteiger partial charge in [-0.05, 0) is 23.1 Å². The number of hydrogen-bond acceptors (Lipinski definition) is 2. The summed E-state index contributed by atoms with van der Waals surface area (Å²) in [5.41, 5.74) is 1.11. The first-order valence-corrected chi connectivity index (χ1v) is 4.77. The highest BCUT2D eigenvalue weighted by molar-refractivity contribution is 5.83. The molecule has 2 nitrogen and oxygen atoms in total. The number of allylic oxidation sites excluding steroid dienone is 1. The van der Waals surface area contributed by atoms with Crippen molar-refractivity contribution in [2.24, 2.45) is 0 Å². The second kappa shape index (κ2) is 4.39. The fourth-order valence-electron chi connectivity index (χ4n) is 1.45. The summed E-state index contributed by atoms with van der Waals surface area (Å²) in [6, 6.07) is 10.2. The molecule has 1 aromatic carbocycles. The Morgan fingerprint density at radius 2 is 2.20 bits per heavy atom. The number of aromatic nitrogens is 1. The standard InChI is InChI=1S/C13H10N2/c14-7-2-1-3-11-4-5-13-10-15-8-6-12(13)9-11/h1,3-6,8-10H,2H2. The smallest absolute Gasteiger partial charge is 0.0663 e. The van der Waals surface area contributed by atoms with Gasteiger partial charge in [0.25, 0.3) is 0 Å². The normalized spacial score (nSPS) is 10.6. The third-order valence-corrected chi connectivity index (χ3v) is 2.18. The molecule has 2 rings (SSSR count). The lowest BCUT2D eigenvalue weighted by atomic mass is 10.1. The Kier molecular flexibility index (Phi) is 2.75. The molecule has 0 saturated carbocycles. The van der Waals surface area contributed by atoms with Crippen molar-refractivity contribution >= 4 is 16.8 Å². The second-order valence-electron chi connectivity index (χ2n) is 3.25. The number of benzene rings is 1. The highest BCUT2D eigenvalue weighted by atomic mass is 14.6. The van der Waals surface area contributed by atoms with E-state index in [9.17, 15) is 0 Å². The summed E-state index contributed by atoms with van der Waals surface area (Å²) in [5.74, 6) is 0. The fraction of sp³-hybridized carbons (Fsp3) is 0.0769. The Balaban J connectivity index is 2.35. The molecule has 2 aromatic rings.